The Bertz CT molecular complexity index is 261. The van der Waals surface area contributed by atoms with Crippen LogP contribution in [-0.2, 0) is 6.42 Å². The number of hydrogen-bond acceptors (Lipinski definition) is 1. The molecule has 0 atom stereocenters. The summed E-state index contributed by atoms with van der Waals surface area (Å²) < 4.78 is 12.7. The van der Waals surface area contributed by atoms with Crippen molar-refractivity contribution in [1.29, 1.82) is 0 Å². The van der Waals surface area contributed by atoms with Crippen molar-refractivity contribution in [3.63, 3.8) is 0 Å². The van der Waals surface area contributed by atoms with Gasteiger partial charge in [0.1, 0.15) is 5.82 Å². The minimum absolute atomic E-state index is 0. The van der Waals surface area contributed by atoms with Crippen LogP contribution in [0.2, 0.25) is 5.02 Å². The molecule has 0 aliphatic carbocycles. The number of hydrogen-bond donors (Lipinski definition) is 1. The molecule has 0 bridgehead atoms. The molecule has 0 saturated heterocycles. The first-order chi connectivity index (χ1) is 5.24. The Labute approximate surface area is 116 Å². The fourth-order valence-electron chi connectivity index (χ4n) is 0.824. The largest absolute Gasteiger partial charge is 2.00 e. The fourth-order valence-corrected chi connectivity index (χ4v) is 0.942. The summed E-state index contributed by atoms with van der Waals surface area (Å²) in [7, 11) is 0. The molecule has 1 aromatic rings. The smallest absolute Gasteiger partial charge is 1.00 e. The fraction of sp³-hybridized carbons (Fsp3) is 0.222. The molecule has 0 unspecified atom stereocenters. The third-order valence-corrected chi connectivity index (χ3v) is 1.69. The summed E-state index contributed by atoms with van der Waals surface area (Å²) in [6.07, 6.45) is 0.466. The number of aliphatic hydroxyl groups excluding tert-OH is 1. The summed E-state index contributed by atoms with van der Waals surface area (Å²) in [6, 6.07) is 4.52. The first-order valence-electron chi connectivity index (χ1n) is 3.29. The van der Waals surface area contributed by atoms with Crippen LogP contribution in [0, 0.1) is 13.2 Å². The van der Waals surface area contributed by atoms with Gasteiger partial charge in [-0.05, 0) is 24.1 Å². The van der Waals surface area contributed by atoms with Gasteiger partial charge in [0.05, 0.1) is 5.02 Å². The second kappa shape index (κ2) is 10.2. The van der Waals surface area contributed by atoms with Crippen LogP contribution in [0.3, 0.4) is 0 Å². The summed E-state index contributed by atoms with van der Waals surface area (Å²) in [6.45, 7) is 0.0288. The maximum atomic E-state index is 12.7. The van der Waals surface area contributed by atoms with Crippen molar-refractivity contribution in [3.8, 4) is 0 Å². The summed E-state index contributed by atoms with van der Waals surface area (Å²) in [4.78, 5) is 0. The van der Waals surface area contributed by atoms with Crippen molar-refractivity contribution < 1.29 is 26.5 Å². The third kappa shape index (κ3) is 6.19. The van der Waals surface area contributed by atoms with E-state index in [4.69, 9.17) is 16.7 Å². The summed E-state index contributed by atoms with van der Waals surface area (Å²) >= 11 is 5.44. The zero-order valence-corrected chi connectivity index (χ0v) is 11.7. The van der Waals surface area contributed by atoms with Gasteiger partial charge in [-0.2, -0.15) is 0 Å². The van der Waals surface area contributed by atoms with E-state index >= 15 is 0 Å². The Morgan fingerprint density at radius 1 is 1.36 bits per heavy atom. The molecular weight excluding hydrogens is 283 g/mol. The molecule has 0 amide bonds. The molecule has 0 aliphatic rings. The molecule has 76 valence electrons. The Kier molecular flexibility index (Phi) is 14.6. The molecule has 0 aromatic heterocycles. The van der Waals surface area contributed by atoms with Gasteiger partial charge >= 0.3 is 23.1 Å². The molecular formula is C9H11BrClFMgO. The van der Waals surface area contributed by atoms with Crippen LogP contribution < -0.4 is 17.0 Å². The van der Waals surface area contributed by atoms with Crippen molar-refractivity contribution in [3.05, 3.63) is 42.0 Å². The van der Waals surface area contributed by atoms with Crippen molar-refractivity contribution in [2.45, 2.75) is 6.42 Å². The summed E-state index contributed by atoms with van der Waals surface area (Å²) in [5.41, 5.74) is 0.759. The predicted octanol–water partition coefficient (Wildman–Crippen LogP) is -0.913. The van der Waals surface area contributed by atoms with E-state index in [0.29, 0.717) is 6.42 Å². The van der Waals surface area contributed by atoms with Crippen LogP contribution in [-0.4, -0.2) is 34.8 Å². The van der Waals surface area contributed by atoms with Crippen molar-refractivity contribution in [2.75, 3.05) is 6.61 Å². The maximum Gasteiger partial charge on any atom is 2.00 e. The molecule has 1 N–H and O–H groups in total. The van der Waals surface area contributed by atoms with Crippen LogP contribution in [0.1, 0.15) is 5.56 Å². The van der Waals surface area contributed by atoms with Gasteiger partial charge in [0.15, 0.2) is 0 Å². The average Bonchev–Trinajstić information content (AvgIpc) is 1.98. The number of halogens is 3. The zero-order valence-electron chi connectivity index (χ0n) is 7.93. The van der Waals surface area contributed by atoms with E-state index in [9.17, 15) is 4.39 Å². The molecule has 0 aliphatic heterocycles. The van der Waals surface area contributed by atoms with Crippen molar-refractivity contribution in [2.24, 2.45) is 0 Å². The molecule has 0 heterocycles. The third-order valence-electron chi connectivity index (χ3n) is 1.38. The molecule has 0 saturated carbocycles. The van der Waals surface area contributed by atoms with Gasteiger partial charge in [-0.3, -0.25) is 0 Å². The first-order valence-corrected chi connectivity index (χ1v) is 3.66. The van der Waals surface area contributed by atoms with Gasteiger partial charge in [0, 0.05) is 6.61 Å². The number of rotatable bonds is 2. The first kappa shape index (κ1) is 20.1. The van der Waals surface area contributed by atoms with Crippen molar-refractivity contribution in [1.82, 2.24) is 0 Å². The van der Waals surface area contributed by atoms with Gasteiger partial charge in [-0.1, -0.05) is 17.7 Å². The second-order valence-corrected chi connectivity index (χ2v) is 2.63. The van der Waals surface area contributed by atoms with Gasteiger partial charge < -0.3 is 29.5 Å². The Morgan fingerprint density at radius 2 is 1.93 bits per heavy atom. The average molecular weight is 294 g/mol. The number of benzene rings is 1. The molecule has 5 heteroatoms. The number of aliphatic hydroxyl groups is 1. The van der Waals surface area contributed by atoms with Gasteiger partial charge in [-0.25, -0.2) is 4.39 Å². The molecule has 14 heavy (non-hydrogen) atoms. The van der Waals surface area contributed by atoms with Gasteiger partial charge in [0.25, 0.3) is 0 Å². The molecule has 0 spiro atoms. The topological polar surface area (TPSA) is 20.2 Å². The molecule has 1 rings (SSSR count). The van der Waals surface area contributed by atoms with E-state index in [1.165, 1.54) is 12.1 Å². The molecule has 0 radical (unpaired) electrons. The van der Waals surface area contributed by atoms with E-state index in [1.807, 2.05) is 0 Å². The molecule has 0 fully saturated rings. The minimum atomic E-state index is -0.433. The van der Waals surface area contributed by atoms with E-state index < -0.39 is 5.82 Å². The molecule has 1 aromatic carbocycles. The van der Waals surface area contributed by atoms with Gasteiger partial charge in [0.2, 0.25) is 0 Å². The van der Waals surface area contributed by atoms with Crippen LogP contribution in [0.25, 0.3) is 0 Å². The van der Waals surface area contributed by atoms with Crippen LogP contribution in [0.5, 0.6) is 0 Å². The monoisotopic (exact) mass is 292 g/mol. The Hall–Kier alpha value is 0.646. The predicted molar refractivity (Wildman–Crippen MR) is 54.4 cm³/mol. The van der Waals surface area contributed by atoms with Crippen LogP contribution in [0.15, 0.2) is 18.2 Å². The Morgan fingerprint density at radius 3 is 2.36 bits per heavy atom. The quantitative estimate of drug-likeness (QED) is 0.553. The van der Waals surface area contributed by atoms with E-state index in [2.05, 4.69) is 0 Å². The van der Waals surface area contributed by atoms with E-state index in [-0.39, 0.29) is 59.1 Å². The standard InChI is InChI=1S/C8H8ClFO.CH3.BrH.Mg/c9-7-2-1-6(3-4-11)5-8(7)10;;;/h1-2,5,11H,3-4H2;1H3;1H;/q;-1;;+2/p-1. The van der Waals surface area contributed by atoms with E-state index in [1.54, 1.807) is 6.07 Å². The Balaban J connectivity index is -0.000000403. The van der Waals surface area contributed by atoms with Gasteiger partial charge in [-0.15, -0.1) is 0 Å². The zero-order chi connectivity index (χ0) is 8.27. The molecule has 1 nitrogen and oxygen atoms in total. The summed E-state index contributed by atoms with van der Waals surface area (Å²) in [5.74, 6) is -0.433. The van der Waals surface area contributed by atoms with Crippen LogP contribution >= 0.6 is 11.6 Å². The van der Waals surface area contributed by atoms with Crippen LogP contribution in [0.4, 0.5) is 4.39 Å². The maximum absolute atomic E-state index is 12.7. The summed E-state index contributed by atoms with van der Waals surface area (Å²) in [5, 5.41) is 8.64. The normalized spacial score (nSPS) is 7.93. The minimum Gasteiger partial charge on any atom is -1.00 e. The second-order valence-electron chi connectivity index (χ2n) is 2.22. The van der Waals surface area contributed by atoms with Crippen molar-refractivity contribution >= 4 is 34.7 Å². The van der Waals surface area contributed by atoms with E-state index in [0.717, 1.165) is 5.56 Å². The SMILES string of the molecule is OCCc1ccc(Cl)c(F)c1.[Br-].[CH3-].[Mg+2].